The molecule has 0 aliphatic carbocycles. The van der Waals surface area contributed by atoms with Gasteiger partial charge in [-0.3, -0.25) is 4.79 Å². The average Bonchev–Trinajstić information content (AvgIpc) is 2.74. The normalized spacial score (nSPS) is 20.4. The summed E-state index contributed by atoms with van der Waals surface area (Å²) >= 11 is 6.48. The number of carbonyl (C=O) groups excluding carboxylic acids is 1. The molecule has 6 heteroatoms. The summed E-state index contributed by atoms with van der Waals surface area (Å²) in [7, 11) is 0. The lowest BCUT2D eigenvalue weighted by atomic mass is 10.3. The molecule has 0 spiro atoms. The largest absolute Gasteiger partial charge is 0.391 e. The Morgan fingerprint density at radius 2 is 2.50 bits per heavy atom. The number of β-amino-alcohol motifs (C(OH)–C–C–N with tert-alkyl or cyclic N) is 1. The lowest BCUT2D eigenvalue weighted by Gasteiger charge is -2.14. The topological polar surface area (TPSA) is 56.3 Å². The number of H-pyrrole nitrogens is 1. The second kappa shape index (κ2) is 4.65. The summed E-state index contributed by atoms with van der Waals surface area (Å²) in [4.78, 5) is 17.6. The maximum absolute atomic E-state index is 11.9. The maximum atomic E-state index is 11.9. The van der Waals surface area contributed by atoms with Crippen molar-refractivity contribution in [2.75, 3.05) is 13.1 Å². The Bertz CT molecular complexity index is 452. The van der Waals surface area contributed by atoms with E-state index in [2.05, 4.69) is 4.98 Å². The van der Waals surface area contributed by atoms with E-state index in [0.29, 0.717) is 29.9 Å². The van der Waals surface area contributed by atoms with Gasteiger partial charge >= 0.3 is 0 Å². The highest BCUT2D eigenvalue weighted by Gasteiger charge is 2.25. The second-order valence-electron chi connectivity index (χ2n) is 4.02. The molecule has 16 heavy (non-hydrogen) atoms. The number of rotatable bonds is 2. The van der Waals surface area contributed by atoms with Gasteiger partial charge in [-0.05, 0) is 25.6 Å². The number of thiazole rings is 1. The van der Waals surface area contributed by atoms with Crippen LogP contribution in [0.1, 0.15) is 17.0 Å². The molecule has 4 nitrogen and oxygen atoms in total. The number of carbonyl (C=O) groups is 1. The van der Waals surface area contributed by atoms with E-state index in [1.807, 2.05) is 6.92 Å². The third kappa shape index (κ3) is 2.50. The van der Waals surface area contributed by atoms with Crippen LogP contribution in [0.25, 0.3) is 0 Å². The number of likely N-dealkylation sites (tertiary alicyclic amines) is 1. The zero-order chi connectivity index (χ0) is 11.7. The Hall–Kier alpha value is -0.720. The molecule has 1 aromatic heterocycles. The van der Waals surface area contributed by atoms with E-state index in [0.717, 1.165) is 10.6 Å². The minimum Gasteiger partial charge on any atom is -0.391 e. The quantitative estimate of drug-likeness (QED) is 0.785. The van der Waals surface area contributed by atoms with Gasteiger partial charge in [-0.1, -0.05) is 0 Å². The van der Waals surface area contributed by atoms with Crippen LogP contribution in [-0.4, -0.2) is 40.1 Å². The van der Waals surface area contributed by atoms with Crippen molar-refractivity contribution in [2.24, 2.45) is 0 Å². The molecular formula is C10H14N2O2S2. The summed E-state index contributed by atoms with van der Waals surface area (Å²) in [5, 5.41) is 9.36. The number of nitrogens with zero attached hydrogens (tertiary/aromatic N) is 1. The van der Waals surface area contributed by atoms with Crippen LogP contribution in [0.3, 0.4) is 0 Å². The van der Waals surface area contributed by atoms with E-state index in [-0.39, 0.29) is 12.0 Å². The van der Waals surface area contributed by atoms with Crippen molar-refractivity contribution in [3.8, 4) is 0 Å². The van der Waals surface area contributed by atoms with Crippen LogP contribution in [0.5, 0.6) is 0 Å². The second-order valence-corrected chi connectivity index (χ2v) is 5.79. The minimum absolute atomic E-state index is 0.0740. The summed E-state index contributed by atoms with van der Waals surface area (Å²) in [6.07, 6.45) is 0.721. The number of hydrogen-bond acceptors (Lipinski definition) is 4. The molecule has 2 heterocycles. The number of aliphatic hydroxyl groups excluding tert-OH is 1. The van der Waals surface area contributed by atoms with Crippen molar-refractivity contribution >= 4 is 29.5 Å². The summed E-state index contributed by atoms with van der Waals surface area (Å²) in [5.74, 6) is 0.0740. The summed E-state index contributed by atoms with van der Waals surface area (Å²) in [6.45, 7) is 3.05. The molecule has 2 N–H and O–H groups in total. The standard InChI is InChI=1S/C10H14N2O2S2/c1-6-8(16-10(15)11-6)4-9(14)12-3-2-7(13)5-12/h7,13H,2-5H2,1H3,(H,11,15). The van der Waals surface area contributed by atoms with Gasteiger partial charge in [0, 0.05) is 23.7 Å². The van der Waals surface area contributed by atoms with Crippen molar-refractivity contribution in [1.82, 2.24) is 9.88 Å². The number of amides is 1. The molecule has 2 rings (SSSR count). The van der Waals surface area contributed by atoms with Crippen LogP contribution in [-0.2, 0) is 11.2 Å². The zero-order valence-corrected chi connectivity index (χ0v) is 10.7. The molecule has 1 unspecified atom stereocenters. The van der Waals surface area contributed by atoms with E-state index in [1.165, 1.54) is 11.3 Å². The lowest BCUT2D eigenvalue weighted by molar-refractivity contribution is -0.129. The zero-order valence-electron chi connectivity index (χ0n) is 9.02. The Balaban J connectivity index is 2.02. The number of aliphatic hydroxyl groups is 1. The molecule has 1 aliphatic heterocycles. The Kier molecular flexibility index (Phi) is 3.41. The first-order valence-corrected chi connectivity index (χ1v) is 6.43. The monoisotopic (exact) mass is 258 g/mol. The summed E-state index contributed by atoms with van der Waals surface area (Å²) in [5.41, 5.74) is 0.975. The van der Waals surface area contributed by atoms with Crippen LogP contribution in [0.4, 0.5) is 0 Å². The van der Waals surface area contributed by atoms with Gasteiger partial charge in [-0.25, -0.2) is 0 Å². The number of aromatic amines is 1. The highest BCUT2D eigenvalue weighted by atomic mass is 32.1. The fraction of sp³-hybridized carbons (Fsp3) is 0.600. The Morgan fingerprint density at radius 1 is 1.75 bits per heavy atom. The van der Waals surface area contributed by atoms with E-state index in [1.54, 1.807) is 4.90 Å². The van der Waals surface area contributed by atoms with Crippen LogP contribution in [0.2, 0.25) is 0 Å². The summed E-state index contributed by atoms with van der Waals surface area (Å²) < 4.78 is 0.710. The van der Waals surface area contributed by atoms with Crippen molar-refractivity contribution in [2.45, 2.75) is 25.9 Å². The molecule has 1 saturated heterocycles. The van der Waals surface area contributed by atoms with Crippen molar-refractivity contribution in [1.29, 1.82) is 0 Å². The smallest absolute Gasteiger partial charge is 0.227 e. The number of aryl methyl sites for hydroxylation is 1. The molecule has 1 amide bonds. The van der Waals surface area contributed by atoms with Crippen LogP contribution in [0, 0.1) is 10.9 Å². The lowest BCUT2D eigenvalue weighted by Crippen LogP contribution is -2.30. The van der Waals surface area contributed by atoms with Crippen molar-refractivity contribution in [3.63, 3.8) is 0 Å². The SMILES string of the molecule is Cc1[nH]c(=S)sc1CC(=O)N1CCC(O)C1. The molecule has 0 aromatic carbocycles. The number of aromatic nitrogens is 1. The first-order chi connectivity index (χ1) is 7.56. The van der Waals surface area contributed by atoms with Gasteiger partial charge in [0.15, 0.2) is 3.95 Å². The van der Waals surface area contributed by atoms with Crippen molar-refractivity contribution in [3.05, 3.63) is 14.5 Å². The molecule has 0 saturated carbocycles. The van der Waals surface area contributed by atoms with Crippen LogP contribution >= 0.6 is 23.6 Å². The molecular weight excluding hydrogens is 244 g/mol. The number of nitrogens with one attached hydrogen (secondary N) is 1. The van der Waals surface area contributed by atoms with Gasteiger partial charge in [0.05, 0.1) is 12.5 Å². The first-order valence-electron chi connectivity index (χ1n) is 5.20. The van der Waals surface area contributed by atoms with E-state index < -0.39 is 0 Å². The third-order valence-corrected chi connectivity index (χ3v) is 4.09. The van der Waals surface area contributed by atoms with E-state index in [4.69, 9.17) is 12.2 Å². The molecule has 1 atom stereocenters. The predicted octanol–water partition coefficient (Wildman–Crippen LogP) is 1.25. The third-order valence-electron chi connectivity index (χ3n) is 2.75. The van der Waals surface area contributed by atoms with Gasteiger partial charge < -0.3 is 15.0 Å². The van der Waals surface area contributed by atoms with Crippen LogP contribution < -0.4 is 0 Å². The van der Waals surface area contributed by atoms with Gasteiger partial charge in [0.1, 0.15) is 0 Å². The van der Waals surface area contributed by atoms with Gasteiger partial charge in [0.2, 0.25) is 5.91 Å². The molecule has 0 bridgehead atoms. The predicted molar refractivity (Wildman–Crippen MR) is 65.1 cm³/mol. The fourth-order valence-corrected chi connectivity index (χ4v) is 3.11. The van der Waals surface area contributed by atoms with Gasteiger partial charge in [0.25, 0.3) is 0 Å². The highest BCUT2D eigenvalue weighted by molar-refractivity contribution is 7.73. The van der Waals surface area contributed by atoms with E-state index in [9.17, 15) is 9.90 Å². The first kappa shape index (κ1) is 11.8. The average molecular weight is 258 g/mol. The molecule has 1 fully saturated rings. The molecule has 88 valence electrons. The molecule has 0 radical (unpaired) electrons. The minimum atomic E-state index is -0.352. The van der Waals surface area contributed by atoms with Gasteiger partial charge in [-0.2, -0.15) is 0 Å². The Labute approximate surface area is 103 Å². The molecule has 1 aliphatic rings. The summed E-state index contributed by atoms with van der Waals surface area (Å²) in [6, 6.07) is 0. The Morgan fingerprint density at radius 3 is 3.00 bits per heavy atom. The van der Waals surface area contributed by atoms with E-state index >= 15 is 0 Å². The highest BCUT2D eigenvalue weighted by Crippen LogP contribution is 2.17. The number of hydrogen-bond donors (Lipinski definition) is 2. The van der Waals surface area contributed by atoms with Crippen LogP contribution in [0.15, 0.2) is 0 Å². The fourth-order valence-electron chi connectivity index (χ4n) is 1.82. The maximum Gasteiger partial charge on any atom is 0.227 e. The van der Waals surface area contributed by atoms with Crippen molar-refractivity contribution < 1.29 is 9.90 Å². The molecule has 1 aromatic rings. The van der Waals surface area contributed by atoms with Gasteiger partial charge in [-0.15, -0.1) is 11.3 Å².